The van der Waals surface area contributed by atoms with Gasteiger partial charge in [0, 0.05) is 0 Å². The Morgan fingerprint density at radius 2 is 2.00 bits per heavy atom. The second-order valence-corrected chi connectivity index (χ2v) is 0.629. The molecule has 0 aliphatic heterocycles. The third-order valence-corrected chi connectivity index (χ3v) is 0.218. The molecule has 0 aromatic heterocycles. The van der Waals surface area contributed by atoms with Crippen LogP contribution in [0.2, 0.25) is 0 Å². The maximum atomic E-state index is 7.81. The van der Waals surface area contributed by atoms with E-state index in [-0.39, 0.29) is 51.4 Å². The van der Waals surface area contributed by atoms with Gasteiger partial charge in [-0.1, -0.05) is 6.58 Å². The third kappa shape index (κ3) is 11.0. The Bertz CT molecular complexity index is 48.2. The molecule has 0 rings (SSSR count). The first-order chi connectivity index (χ1) is 2.77. The summed E-state index contributed by atoms with van der Waals surface area (Å²) in [4.78, 5) is 0. The number of hydrogen-bond acceptors (Lipinski definition) is 3. The molecule has 0 amide bonds. The van der Waals surface area contributed by atoms with Crippen molar-refractivity contribution in [3.63, 3.8) is 0 Å². The van der Waals surface area contributed by atoms with Crippen LogP contribution in [0.5, 0.6) is 0 Å². The van der Waals surface area contributed by atoms with Crippen molar-refractivity contribution in [2.24, 2.45) is 0 Å². The van der Waals surface area contributed by atoms with E-state index in [0.717, 1.165) is 6.26 Å². The van der Waals surface area contributed by atoms with Crippen molar-refractivity contribution in [3.8, 4) is 0 Å². The SMILES string of the molecule is C=COB(O)O.[KH]. The molecular weight excluding hydrogens is 122 g/mol. The predicted octanol–water partition coefficient (Wildman–Crippen LogP) is -1.53. The second kappa shape index (κ2) is 7.16. The van der Waals surface area contributed by atoms with Crippen LogP contribution in [0.1, 0.15) is 0 Å². The Morgan fingerprint density at radius 1 is 1.57 bits per heavy atom. The molecule has 0 spiro atoms. The van der Waals surface area contributed by atoms with Crippen molar-refractivity contribution in [3.05, 3.63) is 12.8 Å². The van der Waals surface area contributed by atoms with Crippen LogP contribution in [-0.4, -0.2) is 68.8 Å². The topological polar surface area (TPSA) is 49.7 Å². The first kappa shape index (κ1) is 11.0. The van der Waals surface area contributed by atoms with E-state index in [4.69, 9.17) is 10.0 Å². The minimum atomic E-state index is -1.72. The fourth-order valence-electron chi connectivity index (χ4n) is 0.0861. The summed E-state index contributed by atoms with van der Waals surface area (Å²) in [5.41, 5.74) is 0. The van der Waals surface area contributed by atoms with E-state index in [9.17, 15) is 0 Å². The summed E-state index contributed by atoms with van der Waals surface area (Å²) in [7, 11) is -1.72. The van der Waals surface area contributed by atoms with Crippen molar-refractivity contribution in [1.82, 2.24) is 0 Å². The Hall–Kier alpha value is 1.16. The van der Waals surface area contributed by atoms with Gasteiger partial charge in [0.25, 0.3) is 0 Å². The van der Waals surface area contributed by atoms with Gasteiger partial charge in [0.05, 0.1) is 6.26 Å². The summed E-state index contributed by atoms with van der Waals surface area (Å²) in [6.07, 6.45) is 0.949. The maximum absolute atomic E-state index is 7.81. The molecule has 0 saturated carbocycles. The van der Waals surface area contributed by atoms with Crippen molar-refractivity contribution < 1.29 is 14.7 Å². The van der Waals surface area contributed by atoms with Gasteiger partial charge in [0.2, 0.25) is 0 Å². The van der Waals surface area contributed by atoms with Crippen molar-refractivity contribution in [2.45, 2.75) is 0 Å². The zero-order valence-corrected chi connectivity index (χ0v) is 3.16. The summed E-state index contributed by atoms with van der Waals surface area (Å²) < 4.78 is 3.92. The van der Waals surface area contributed by atoms with Gasteiger partial charge in [0.15, 0.2) is 0 Å². The molecule has 7 heavy (non-hydrogen) atoms. The van der Waals surface area contributed by atoms with Gasteiger partial charge in [-0.3, -0.25) is 0 Å². The van der Waals surface area contributed by atoms with E-state index in [1.165, 1.54) is 0 Å². The molecule has 2 N–H and O–H groups in total. The van der Waals surface area contributed by atoms with Crippen LogP contribution in [0.25, 0.3) is 0 Å². The van der Waals surface area contributed by atoms with Crippen molar-refractivity contribution in [1.29, 1.82) is 0 Å². The number of hydrogen-bond donors (Lipinski definition) is 2. The normalized spacial score (nSPS) is 6.00. The summed E-state index contributed by atoms with van der Waals surface area (Å²) in [6.45, 7) is 3.06. The Balaban J connectivity index is 0. The van der Waals surface area contributed by atoms with E-state index >= 15 is 0 Å². The van der Waals surface area contributed by atoms with E-state index < -0.39 is 7.32 Å². The summed E-state index contributed by atoms with van der Waals surface area (Å²) in [5.74, 6) is 0. The van der Waals surface area contributed by atoms with Crippen LogP contribution in [0.4, 0.5) is 0 Å². The van der Waals surface area contributed by atoms with Crippen molar-refractivity contribution >= 4 is 58.7 Å². The number of rotatable bonds is 2. The zero-order chi connectivity index (χ0) is 4.99. The molecule has 0 aromatic rings. The molecule has 0 bridgehead atoms. The summed E-state index contributed by atoms with van der Waals surface area (Å²) >= 11 is 0. The molecule has 0 aliphatic rings. The fourth-order valence-corrected chi connectivity index (χ4v) is 0.0861. The van der Waals surface area contributed by atoms with Gasteiger partial charge in [0.1, 0.15) is 0 Å². The van der Waals surface area contributed by atoms with Gasteiger partial charge in [-0.2, -0.15) is 0 Å². The molecule has 5 heteroatoms. The van der Waals surface area contributed by atoms with Gasteiger partial charge in [-0.15, -0.1) is 0 Å². The fraction of sp³-hybridized carbons (Fsp3) is 0. The van der Waals surface area contributed by atoms with Gasteiger partial charge in [-0.25, -0.2) is 0 Å². The monoisotopic (exact) mass is 128 g/mol. The van der Waals surface area contributed by atoms with Crippen LogP contribution < -0.4 is 0 Å². The summed E-state index contributed by atoms with van der Waals surface area (Å²) in [5, 5.41) is 15.6. The Morgan fingerprint density at radius 3 is 2.00 bits per heavy atom. The molecule has 0 aliphatic carbocycles. The molecule has 36 valence electrons. The Kier molecular flexibility index (Phi) is 11.3. The average molecular weight is 128 g/mol. The first-order valence-electron chi connectivity index (χ1n) is 1.40. The quantitative estimate of drug-likeness (QED) is 0.350. The first-order valence-corrected chi connectivity index (χ1v) is 1.40. The molecule has 0 atom stereocenters. The average Bonchev–Trinajstić information content (AvgIpc) is 1.35. The van der Waals surface area contributed by atoms with Gasteiger partial charge >= 0.3 is 58.7 Å². The molecule has 0 fully saturated rings. The summed E-state index contributed by atoms with van der Waals surface area (Å²) in [6, 6.07) is 0. The standard InChI is InChI=1S/C2H5BO3.K.H/c1-2-6-3(4)5;;/h2,4-5H,1H2;;. The molecule has 0 heterocycles. The zero-order valence-electron chi connectivity index (χ0n) is 3.16. The van der Waals surface area contributed by atoms with E-state index in [2.05, 4.69) is 11.2 Å². The van der Waals surface area contributed by atoms with E-state index in [1.807, 2.05) is 0 Å². The van der Waals surface area contributed by atoms with E-state index in [0.29, 0.717) is 0 Å². The Labute approximate surface area is 85.0 Å². The molecule has 0 radical (unpaired) electrons. The van der Waals surface area contributed by atoms with E-state index in [1.54, 1.807) is 0 Å². The molecule has 0 unspecified atom stereocenters. The predicted molar refractivity (Wildman–Crippen MR) is 28.6 cm³/mol. The minimum absolute atomic E-state index is 0. The van der Waals surface area contributed by atoms with Crippen LogP contribution >= 0.6 is 0 Å². The van der Waals surface area contributed by atoms with Crippen LogP contribution in [-0.2, 0) is 4.65 Å². The van der Waals surface area contributed by atoms with Gasteiger partial charge in [-0.05, 0) is 0 Å². The molecule has 0 aromatic carbocycles. The van der Waals surface area contributed by atoms with Crippen molar-refractivity contribution in [2.75, 3.05) is 0 Å². The second-order valence-electron chi connectivity index (χ2n) is 0.629. The van der Waals surface area contributed by atoms with Crippen LogP contribution in [0.15, 0.2) is 12.8 Å². The molecular formula is C2H6BKO3. The van der Waals surface area contributed by atoms with Crippen LogP contribution in [0, 0.1) is 0 Å². The molecule has 0 saturated heterocycles. The third-order valence-electron chi connectivity index (χ3n) is 0.218. The van der Waals surface area contributed by atoms with Gasteiger partial charge < -0.3 is 14.7 Å². The van der Waals surface area contributed by atoms with Crippen LogP contribution in [0.3, 0.4) is 0 Å². The molecule has 3 nitrogen and oxygen atoms in total.